The molecule has 1 aliphatic carbocycles. The van der Waals surface area contributed by atoms with Crippen molar-refractivity contribution < 1.29 is 8.42 Å². The lowest BCUT2D eigenvalue weighted by atomic mass is 10.2. The second-order valence-electron chi connectivity index (χ2n) is 5.41. The Labute approximate surface area is 112 Å². The van der Waals surface area contributed by atoms with E-state index in [1.807, 2.05) is 0 Å². The van der Waals surface area contributed by atoms with Crippen LogP contribution in [0.4, 0.5) is 11.6 Å². The van der Waals surface area contributed by atoms with E-state index >= 15 is 0 Å². The molecule has 7 heteroatoms. The lowest BCUT2D eigenvalue weighted by Crippen LogP contribution is -2.35. The Bertz CT molecular complexity index is 583. The van der Waals surface area contributed by atoms with Gasteiger partial charge in [-0.15, -0.1) is 0 Å². The first-order valence-corrected chi connectivity index (χ1v) is 8.45. The molecular weight excluding hydrogens is 264 g/mol. The molecule has 1 unspecified atom stereocenters. The van der Waals surface area contributed by atoms with Crippen LogP contribution in [0.2, 0.25) is 0 Å². The molecule has 3 rings (SSSR count). The SMILES string of the molecule is Nc1cc(NC2CCCS(=O)(=O)C2)nc(C2CC2)n1. The molecule has 0 aromatic carbocycles. The Morgan fingerprint density at radius 1 is 1.26 bits per heavy atom. The minimum absolute atomic E-state index is 0.0693. The zero-order valence-electron chi connectivity index (χ0n) is 10.7. The Morgan fingerprint density at radius 3 is 2.74 bits per heavy atom. The van der Waals surface area contributed by atoms with Gasteiger partial charge < -0.3 is 11.1 Å². The van der Waals surface area contributed by atoms with E-state index in [1.165, 1.54) is 0 Å². The zero-order valence-corrected chi connectivity index (χ0v) is 11.5. The third-order valence-electron chi connectivity index (χ3n) is 3.52. The van der Waals surface area contributed by atoms with Gasteiger partial charge in [0, 0.05) is 18.0 Å². The number of rotatable bonds is 3. The van der Waals surface area contributed by atoms with Gasteiger partial charge in [0.25, 0.3) is 0 Å². The third kappa shape index (κ3) is 3.15. The van der Waals surface area contributed by atoms with Crippen LogP contribution in [0.15, 0.2) is 6.07 Å². The molecule has 2 fully saturated rings. The predicted octanol–water partition coefficient (Wildman–Crippen LogP) is 0.925. The highest BCUT2D eigenvalue weighted by Crippen LogP contribution is 2.38. The summed E-state index contributed by atoms with van der Waals surface area (Å²) in [5.41, 5.74) is 5.77. The van der Waals surface area contributed by atoms with E-state index in [-0.39, 0.29) is 11.8 Å². The number of aromatic nitrogens is 2. The highest BCUT2D eigenvalue weighted by molar-refractivity contribution is 7.91. The van der Waals surface area contributed by atoms with Crippen molar-refractivity contribution in [1.82, 2.24) is 9.97 Å². The second-order valence-corrected chi connectivity index (χ2v) is 7.64. The molecule has 2 heterocycles. The van der Waals surface area contributed by atoms with Gasteiger partial charge in [-0.2, -0.15) is 0 Å². The Hall–Kier alpha value is -1.37. The van der Waals surface area contributed by atoms with Crippen LogP contribution in [-0.4, -0.2) is 35.9 Å². The quantitative estimate of drug-likeness (QED) is 0.855. The lowest BCUT2D eigenvalue weighted by molar-refractivity contribution is 0.561. The van der Waals surface area contributed by atoms with Gasteiger partial charge in [-0.25, -0.2) is 18.4 Å². The minimum atomic E-state index is -2.91. The molecule has 0 radical (unpaired) electrons. The van der Waals surface area contributed by atoms with Crippen molar-refractivity contribution in [3.05, 3.63) is 11.9 Å². The smallest absolute Gasteiger partial charge is 0.152 e. The van der Waals surface area contributed by atoms with Crippen LogP contribution >= 0.6 is 0 Å². The number of nitrogens with two attached hydrogens (primary N) is 1. The van der Waals surface area contributed by atoms with Crippen molar-refractivity contribution in [1.29, 1.82) is 0 Å². The zero-order chi connectivity index (χ0) is 13.5. The summed E-state index contributed by atoms with van der Waals surface area (Å²) in [7, 11) is -2.91. The summed E-state index contributed by atoms with van der Waals surface area (Å²) in [6.45, 7) is 0. The number of anilines is 2. The van der Waals surface area contributed by atoms with Crippen LogP contribution < -0.4 is 11.1 Å². The van der Waals surface area contributed by atoms with Crippen molar-refractivity contribution in [2.75, 3.05) is 22.6 Å². The predicted molar refractivity (Wildman–Crippen MR) is 73.7 cm³/mol. The fourth-order valence-electron chi connectivity index (χ4n) is 2.43. The summed E-state index contributed by atoms with van der Waals surface area (Å²) < 4.78 is 23.2. The van der Waals surface area contributed by atoms with E-state index in [9.17, 15) is 8.42 Å². The maximum absolute atomic E-state index is 11.6. The maximum atomic E-state index is 11.6. The van der Waals surface area contributed by atoms with Crippen molar-refractivity contribution in [2.24, 2.45) is 0 Å². The van der Waals surface area contributed by atoms with E-state index in [2.05, 4.69) is 15.3 Å². The molecule has 1 saturated carbocycles. The monoisotopic (exact) mass is 282 g/mol. The topological polar surface area (TPSA) is 98.0 Å². The highest BCUT2D eigenvalue weighted by atomic mass is 32.2. The van der Waals surface area contributed by atoms with Gasteiger partial charge in [0.2, 0.25) is 0 Å². The number of nitrogen functional groups attached to an aromatic ring is 1. The summed E-state index contributed by atoms with van der Waals surface area (Å²) in [4.78, 5) is 8.67. The Balaban J connectivity index is 1.75. The summed E-state index contributed by atoms with van der Waals surface area (Å²) >= 11 is 0. The Morgan fingerprint density at radius 2 is 2.05 bits per heavy atom. The molecule has 1 aromatic heterocycles. The van der Waals surface area contributed by atoms with E-state index in [0.29, 0.717) is 29.7 Å². The van der Waals surface area contributed by atoms with E-state index in [0.717, 1.165) is 25.1 Å². The number of nitrogens with zero attached hydrogens (tertiary/aromatic N) is 2. The normalized spacial score (nSPS) is 26.0. The van der Waals surface area contributed by atoms with Crippen molar-refractivity contribution in [2.45, 2.75) is 37.6 Å². The van der Waals surface area contributed by atoms with Crippen molar-refractivity contribution in [3.8, 4) is 0 Å². The first kappa shape index (κ1) is 12.7. The van der Waals surface area contributed by atoms with Gasteiger partial charge in [-0.3, -0.25) is 0 Å². The molecule has 1 aliphatic heterocycles. The lowest BCUT2D eigenvalue weighted by Gasteiger charge is -2.23. The minimum Gasteiger partial charge on any atom is -0.384 e. The molecule has 6 nitrogen and oxygen atoms in total. The van der Waals surface area contributed by atoms with Crippen LogP contribution in [0, 0.1) is 0 Å². The molecule has 0 bridgehead atoms. The molecule has 19 heavy (non-hydrogen) atoms. The molecule has 3 N–H and O–H groups in total. The van der Waals surface area contributed by atoms with Gasteiger partial charge >= 0.3 is 0 Å². The Kier molecular flexibility index (Phi) is 3.08. The van der Waals surface area contributed by atoms with Gasteiger partial charge in [0.1, 0.15) is 17.5 Å². The van der Waals surface area contributed by atoms with Crippen LogP contribution in [-0.2, 0) is 9.84 Å². The van der Waals surface area contributed by atoms with Crippen molar-refractivity contribution in [3.63, 3.8) is 0 Å². The van der Waals surface area contributed by atoms with Gasteiger partial charge in [0.05, 0.1) is 11.5 Å². The number of hydrogen-bond acceptors (Lipinski definition) is 6. The molecule has 1 atom stereocenters. The van der Waals surface area contributed by atoms with Crippen LogP contribution in [0.1, 0.15) is 37.4 Å². The first-order chi connectivity index (χ1) is 9.02. The fraction of sp³-hybridized carbons (Fsp3) is 0.667. The van der Waals surface area contributed by atoms with Gasteiger partial charge in [-0.1, -0.05) is 0 Å². The molecular formula is C12H18N4O2S. The third-order valence-corrected chi connectivity index (χ3v) is 5.34. The second kappa shape index (κ2) is 4.63. The summed E-state index contributed by atoms with van der Waals surface area (Å²) in [5, 5.41) is 3.19. The summed E-state index contributed by atoms with van der Waals surface area (Å²) in [6, 6.07) is 1.60. The number of nitrogens with one attached hydrogen (secondary N) is 1. The molecule has 2 aliphatic rings. The fourth-order valence-corrected chi connectivity index (χ4v) is 4.07. The average molecular weight is 282 g/mol. The van der Waals surface area contributed by atoms with Gasteiger partial charge in [-0.05, 0) is 25.7 Å². The largest absolute Gasteiger partial charge is 0.384 e. The average Bonchev–Trinajstić information content (AvgIpc) is 3.10. The first-order valence-electron chi connectivity index (χ1n) is 6.63. The van der Waals surface area contributed by atoms with Gasteiger partial charge in [0.15, 0.2) is 9.84 Å². The summed E-state index contributed by atoms with van der Waals surface area (Å²) in [6.07, 6.45) is 3.78. The van der Waals surface area contributed by atoms with E-state index < -0.39 is 9.84 Å². The van der Waals surface area contributed by atoms with Crippen LogP contribution in [0.5, 0.6) is 0 Å². The molecule has 104 valence electrons. The number of sulfone groups is 1. The summed E-state index contributed by atoms with van der Waals surface area (Å²) in [5.74, 6) is 2.77. The van der Waals surface area contributed by atoms with Crippen LogP contribution in [0.25, 0.3) is 0 Å². The highest BCUT2D eigenvalue weighted by Gasteiger charge is 2.28. The van der Waals surface area contributed by atoms with E-state index in [4.69, 9.17) is 5.73 Å². The maximum Gasteiger partial charge on any atom is 0.152 e. The molecule has 1 aromatic rings. The molecule has 1 saturated heterocycles. The van der Waals surface area contributed by atoms with Crippen LogP contribution in [0.3, 0.4) is 0 Å². The molecule has 0 amide bonds. The van der Waals surface area contributed by atoms with Crippen molar-refractivity contribution >= 4 is 21.5 Å². The standard InChI is InChI=1S/C12H18N4O2S/c13-10-6-11(16-12(15-10)8-3-4-8)14-9-2-1-5-19(17,18)7-9/h6,8-9H,1-5,7H2,(H3,13,14,15,16). The molecule has 0 spiro atoms. The number of hydrogen-bond donors (Lipinski definition) is 2. The van der Waals surface area contributed by atoms with E-state index in [1.54, 1.807) is 6.07 Å².